The maximum Gasteiger partial charge on any atom is 0.0912 e. The monoisotopic (exact) mass is 430 g/mol. The van der Waals surface area contributed by atoms with Crippen LogP contribution in [0.1, 0.15) is 143 Å². The third kappa shape index (κ3) is 18.6. The molecular formula is C27H55FO2. The van der Waals surface area contributed by atoms with E-state index < -0.39 is 0 Å². The fourth-order valence-electron chi connectivity index (χ4n) is 4.25. The van der Waals surface area contributed by atoms with Gasteiger partial charge in [-0.3, -0.25) is 4.39 Å². The molecular weight excluding hydrogens is 375 g/mol. The lowest BCUT2D eigenvalue weighted by Gasteiger charge is -2.32. The van der Waals surface area contributed by atoms with Crippen molar-refractivity contribution in [3.63, 3.8) is 0 Å². The van der Waals surface area contributed by atoms with Crippen LogP contribution in [0.3, 0.4) is 0 Å². The fourth-order valence-corrected chi connectivity index (χ4v) is 4.25. The lowest BCUT2D eigenvalue weighted by atomic mass is 9.93. The van der Waals surface area contributed by atoms with Gasteiger partial charge in [-0.2, -0.15) is 0 Å². The molecule has 0 N–H and O–H groups in total. The molecule has 30 heavy (non-hydrogen) atoms. The van der Waals surface area contributed by atoms with Gasteiger partial charge in [0, 0.05) is 13.2 Å². The lowest BCUT2D eigenvalue weighted by Crippen LogP contribution is -2.37. The lowest BCUT2D eigenvalue weighted by molar-refractivity contribution is -0.102. The van der Waals surface area contributed by atoms with Crippen molar-refractivity contribution in [3.8, 4) is 0 Å². The van der Waals surface area contributed by atoms with E-state index in [-0.39, 0.29) is 12.3 Å². The quantitative estimate of drug-likeness (QED) is 0.134. The van der Waals surface area contributed by atoms with Gasteiger partial charge in [0.05, 0.1) is 18.9 Å². The zero-order valence-electron chi connectivity index (χ0n) is 21.0. The molecule has 1 atom stereocenters. The molecule has 0 saturated carbocycles. The van der Waals surface area contributed by atoms with Gasteiger partial charge in [-0.15, -0.1) is 0 Å². The van der Waals surface area contributed by atoms with Crippen molar-refractivity contribution in [2.45, 2.75) is 148 Å². The van der Waals surface area contributed by atoms with Crippen molar-refractivity contribution >= 4 is 0 Å². The van der Waals surface area contributed by atoms with Crippen molar-refractivity contribution in [1.82, 2.24) is 0 Å². The summed E-state index contributed by atoms with van der Waals surface area (Å²) in [5, 5.41) is 0. The molecule has 0 radical (unpaired) electrons. The summed E-state index contributed by atoms with van der Waals surface area (Å²) in [6.07, 6.45) is 23.8. The van der Waals surface area contributed by atoms with Crippen LogP contribution in [0, 0.1) is 0 Å². The second-order valence-corrected chi connectivity index (χ2v) is 9.12. The number of alkyl halides is 1. The van der Waals surface area contributed by atoms with Crippen LogP contribution in [-0.4, -0.2) is 32.1 Å². The van der Waals surface area contributed by atoms with E-state index in [1.165, 1.54) is 83.5 Å². The molecule has 0 aliphatic rings. The van der Waals surface area contributed by atoms with Crippen LogP contribution in [0.4, 0.5) is 4.39 Å². The predicted octanol–water partition coefficient (Wildman–Crippen LogP) is 9.20. The number of unbranched alkanes of at least 4 members (excludes halogenated alkanes) is 15. The standard InChI is InChI=1S/C27H55FO2/c1-4-7-8-9-10-11-12-13-14-17-20-23-27(5-2,30-6-3)26-29-25-22-19-16-15-18-21-24-28/h4-26H2,1-3H3. The molecule has 0 spiro atoms. The Morgan fingerprint density at radius 1 is 0.600 bits per heavy atom. The Hall–Kier alpha value is -0.150. The first-order valence-electron chi connectivity index (χ1n) is 13.5. The normalized spacial score (nSPS) is 13.6. The summed E-state index contributed by atoms with van der Waals surface area (Å²) in [6, 6.07) is 0. The smallest absolute Gasteiger partial charge is 0.0912 e. The first-order valence-corrected chi connectivity index (χ1v) is 13.5. The van der Waals surface area contributed by atoms with Gasteiger partial charge in [0.1, 0.15) is 0 Å². The van der Waals surface area contributed by atoms with E-state index in [1.807, 2.05) is 0 Å². The molecule has 0 aliphatic carbocycles. The number of hydrogen-bond donors (Lipinski definition) is 0. The molecule has 1 unspecified atom stereocenters. The topological polar surface area (TPSA) is 18.5 Å². The second kappa shape index (κ2) is 23.5. The van der Waals surface area contributed by atoms with E-state index >= 15 is 0 Å². The van der Waals surface area contributed by atoms with Gasteiger partial charge in [-0.1, -0.05) is 110 Å². The van der Waals surface area contributed by atoms with E-state index in [4.69, 9.17) is 9.47 Å². The molecule has 0 aromatic carbocycles. The summed E-state index contributed by atoms with van der Waals surface area (Å²) in [6.45, 7) is 8.78. The second-order valence-electron chi connectivity index (χ2n) is 9.12. The molecule has 182 valence electrons. The third-order valence-electron chi connectivity index (χ3n) is 6.37. The summed E-state index contributed by atoms with van der Waals surface area (Å²) < 4.78 is 24.3. The Kier molecular flexibility index (Phi) is 23.4. The molecule has 0 heterocycles. The zero-order chi connectivity index (χ0) is 22.2. The number of rotatable bonds is 25. The molecule has 0 bridgehead atoms. The molecule has 3 heteroatoms. The average Bonchev–Trinajstić information content (AvgIpc) is 2.76. The molecule has 0 fully saturated rings. The molecule has 0 aliphatic heterocycles. The van der Waals surface area contributed by atoms with Crippen molar-refractivity contribution < 1.29 is 13.9 Å². The zero-order valence-corrected chi connectivity index (χ0v) is 21.0. The SMILES string of the molecule is CCCCCCCCCCCCCC(CC)(COCCCCCCCCF)OCC. The molecule has 0 amide bonds. The van der Waals surface area contributed by atoms with Crippen LogP contribution < -0.4 is 0 Å². The Balaban J connectivity index is 3.77. The Morgan fingerprint density at radius 3 is 1.60 bits per heavy atom. The molecule has 0 aromatic rings. The summed E-state index contributed by atoms with van der Waals surface area (Å²) in [4.78, 5) is 0. The maximum atomic E-state index is 12.1. The van der Waals surface area contributed by atoms with E-state index in [1.54, 1.807) is 0 Å². The van der Waals surface area contributed by atoms with Gasteiger partial charge in [0.25, 0.3) is 0 Å². The number of ether oxygens (including phenoxy) is 2. The van der Waals surface area contributed by atoms with E-state index in [2.05, 4.69) is 20.8 Å². The van der Waals surface area contributed by atoms with Crippen LogP contribution in [0.15, 0.2) is 0 Å². The van der Waals surface area contributed by atoms with Gasteiger partial charge < -0.3 is 9.47 Å². The van der Waals surface area contributed by atoms with E-state index in [0.29, 0.717) is 0 Å². The first-order chi connectivity index (χ1) is 14.7. The Bertz CT molecular complexity index is 324. The molecule has 0 rings (SSSR count). The first kappa shape index (κ1) is 29.9. The van der Waals surface area contributed by atoms with Crippen LogP contribution in [-0.2, 0) is 9.47 Å². The van der Waals surface area contributed by atoms with Crippen molar-refractivity contribution in [3.05, 3.63) is 0 Å². The van der Waals surface area contributed by atoms with Gasteiger partial charge in [0.2, 0.25) is 0 Å². The Labute approximate surface area is 189 Å². The third-order valence-corrected chi connectivity index (χ3v) is 6.37. The highest BCUT2D eigenvalue weighted by molar-refractivity contribution is 4.79. The predicted molar refractivity (Wildman–Crippen MR) is 130 cm³/mol. The van der Waals surface area contributed by atoms with Crippen LogP contribution in [0.2, 0.25) is 0 Å². The average molecular weight is 431 g/mol. The van der Waals surface area contributed by atoms with Crippen LogP contribution in [0.25, 0.3) is 0 Å². The van der Waals surface area contributed by atoms with Crippen LogP contribution in [0.5, 0.6) is 0 Å². The van der Waals surface area contributed by atoms with Gasteiger partial charge in [-0.05, 0) is 32.6 Å². The van der Waals surface area contributed by atoms with E-state index in [0.717, 1.165) is 58.3 Å². The largest absolute Gasteiger partial charge is 0.378 e. The highest BCUT2D eigenvalue weighted by atomic mass is 19.1. The minimum Gasteiger partial charge on any atom is -0.378 e. The van der Waals surface area contributed by atoms with Gasteiger partial charge in [0.15, 0.2) is 0 Å². The highest BCUT2D eigenvalue weighted by Gasteiger charge is 2.28. The summed E-state index contributed by atoms with van der Waals surface area (Å²) in [5.41, 5.74) is -0.0881. The van der Waals surface area contributed by atoms with Crippen molar-refractivity contribution in [2.24, 2.45) is 0 Å². The highest BCUT2D eigenvalue weighted by Crippen LogP contribution is 2.25. The molecule has 0 saturated heterocycles. The maximum absolute atomic E-state index is 12.1. The van der Waals surface area contributed by atoms with Crippen molar-refractivity contribution in [2.75, 3.05) is 26.5 Å². The van der Waals surface area contributed by atoms with Crippen molar-refractivity contribution in [1.29, 1.82) is 0 Å². The minimum atomic E-state index is -0.168. The van der Waals surface area contributed by atoms with Crippen LogP contribution >= 0.6 is 0 Å². The summed E-state index contributed by atoms with van der Waals surface area (Å²) in [5.74, 6) is 0. The fraction of sp³-hybridized carbons (Fsp3) is 1.00. The molecule has 2 nitrogen and oxygen atoms in total. The number of halogens is 1. The summed E-state index contributed by atoms with van der Waals surface area (Å²) >= 11 is 0. The minimum absolute atomic E-state index is 0.0881. The van der Waals surface area contributed by atoms with Gasteiger partial charge in [-0.25, -0.2) is 0 Å². The summed E-state index contributed by atoms with van der Waals surface area (Å²) in [7, 11) is 0. The number of hydrogen-bond acceptors (Lipinski definition) is 2. The Morgan fingerprint density at radius 2 is 1.10 bits per heavy atom. The van der Waals surface area contributed by atoms with E-state index in [9.17, 15) is 4.39 Å². The van der Waals surface area contributed by atoms with Gasteiger partial charge >= 0.3 is 0 Å². The molecule has 0 aromatic heterocycles.